The Kier molecular flexibility index (Phi) is 9.58. The quantitative estimate of drug-likeness (QED) is 0.249. The van der Waals surface area contributed by atoms with Crippen LogP contribution < -0.4 is 5.32 Å². The second-order valence-electron chi connectivity index (χ2n) is 16.3. The third kappa shape index (κ3) is 7.36. The number of hydrogen-bond acceptors (Lipinski definition) is 7. The van der Waals surface area contributed by atoms with Gasteiger partial charge in [0.1, 0.15) is 23.4 Å². The van der Waals surface area contributed by atoms with Crippen molar-refractivity contribution in [2.24, 2.45) is 18.9 Å². The number of carbonyl (C=O) groups is 2. The number of aromatic nitrogens is 4. The summed E-state index contributed by atoms with van der Waals surface area (Å²) in [5, 5.41) is 21.1. The third-order valence-electron chi connectivity index (χ3n) is 10.8. The predicted octanol–water partition coefficient (Wildman–Crippen LogP) is 7.61. The predicted molar refractivity (Wildman–Crippen MR) is 188 cm³/mol. The molecule has 10 nitrogen and oxygen atoms in total. The number of ether oxygens (including phenoxy) is 1. The minimum absolute atomic E-state index is 0.187. The molecule has 3 aromatic rings. The summed E-state index contributed by atoms with van der Waals surface area (Å²) in [4.78, 5) is 34.5. The van der Waals surface area contributed by atoms with Gasteiger partial charge in [-0.15, -0.1) is 10.2 Å². The molecule has 1 aromatic carbocycles. The average Bonchev–Trinajstić information content (AvgIpc) is 3.60. The van der Waals surface area contributed by atoms with E-state index in [0.717, 1.165) is 66.7 Å². The summed E-state index contributed by atoms with van der Waals surface area (Å²) in [7, 11) is 1.94. The fourth-order valence-corrected chi connectivity index (χ4v) is 8.25. The first-order valence-corrected chi connectivity index (χ1v) is 17.9. The summed E-state index contributed by atoms with van der Waals surface area (Å²) in [6.07, 6.45) is 11.1. The number of nitrogens with zero attached hydrogens (tertiary/aromatic N) is 6. The van der Waals surface area contributed by atoms with E-state index in [2.05, 4.69) is 41.5 Å². The molecule has 2 amide bonds. The van der Waals surface area contributed by atoms with E-state index in [0.29, 0.717) is 36.8 Å². The maximum Gasteiger partial charge on any atom is 0.410 e. The molecular formula is C39H51N7O3. The molecule has 2 fully saturated rings. The monoisotopic (exact) mass is 665 g/mol. The van der Waals surface area contributed by atoms with Crippen molar-refractivity contribution in [3.63, 3.8) is 0 Å². The molecule has 3 aliphatic carbocycles. The Labute approximate surface area is 290 Å². The van der Waals surface area contributed by atoms with Crippen LogP contribution in [0.15, 0.2) is 36.7 Å². The Morgan fingerprint density at radius 3 is 2.55 bits per heavy atom. The van der Waals surface area contributed by atoms with Crippen molar-refractivity contribution < 1.29 is 14.3 Å². The second-order valence-corrected chi connectivity index (χ2v) is 16.3. The molecule has 3 aliphatic rings. The van der Waals surface area contributed by atoms with Gasteiger partial charge in [0.05, 0.1) is 17.2 Å². The number of rotatable bonds is 9. The first kappa shape index (κ1) is 34.6. The van der Waals surface area contributed by atoms with Gasteiger partial charge in [0.2, 0.25) is 0 Å². The molecule has 0 radical (unpaired) electrons. The molecule has 10 heteroatoms. The Morgan fingerprint density at radius 1 is 1.12 bits per heavy atom. The van der Waals surface area contributed by atoms with Crippen molar-refractivity contribution in [3.05, 3.63) is 70.6 Å². The topological polar surface area (TPSA) is 126 Å². The average molecular weight is 666 g/mol. The Hall–Kier alpha value is -4.26. The lowest BCUT2D eigenvalue weighted by atomic mass is 9.57. The van der Waals surface area contributed by atoms with Crippen LogP contribution in [-0.2, 0) is 35.6 Å². The molecule has 1 N–H and O–H groups in total. The highest BCUT2D eigenvalue weighted by atomic mass is 16.6. The van der Waals surface area contributed by atoms with E-state index < -0.39 is 5.60 Å². The number of amides is 2. The highest BCUT2D eigenvalue weighted by Crippen LogP contribution is 2.53. The van der Waals surface area contributed by atoms with E-state index in [-0.39, 0.29) is 28.7 Å². The number of benzene rings is 1. The van der Waals surface area contributed by atoms with Crippen LogP contribution in [0.2, 0.25) is 0 Å². The van der Waals surface area contributed by atoms with E-state index in [1.807, 2.05) is 61.6 Å². The maximum absolute atomic E-state index is 14.0. The van der Waals surface area contributed by atoms with Crippen LogP contribution in [0.4, 0.5) is 10.5 Å². The molecule has 0 atom stereocenters. The summed E-state index contributed by atoms with van der Waals surface area (Å²) in [5.41, 5.74) is 3.93. The molecule has 0 unspecified atom stereocenters. The summed E-state index contributed by atoms with van der Waals surface area (Å²) in [6, 6.07) is 12.1. The zero-order chi connectivity index (χ0) is 35.0. The number of nitriles is 1. The number of fused-ring (bicyclic) bond motifs is 1. The molecule has 49 heavy (non-hydrogen) atoms. The maximum atomic E-state index is 14.0. The van der Waals surface area contributed by atoms with Crippen LogP contribution in [0, 0.1) is 23.2 Å². The van der Waals surface area contributed by atoms with Crippen LogP contribution >= 0.6 is 0 Å². The number of anilines is 1. The highest BCUT2D eigenvalue weighted by Gasteiger charge is 2.49. The number of nitrogens with one attached hydrogen (secondary N) is 1. The van der Waals surface area contributed by atoms with Gasteiger partial charge in [0, 0.05) is 37.7 Å². The van der Waals surface area contributed by atoms with E-state index >= 15 is 0 Å². The largest absolute Gasteiger partial charge is 0.444 e. The van der Waals surface area contributed by atoms with E-state index in [1.54, 1.807) is 6.33 Å². The van der Waals surface area contributed by atoms with Gasteiger partial charge in [-0.3, -0.25) is 4.79 Å². The fourth-order valence-electron chi connectivity index (χ4n) is 8.25. The molecule has 6 rings (SSSR count). The van der Waals surface area contributed by atoms with Gasteiger partial charge >= 0.3 is 6.09 Å². The molecule has 2 aromatic heterocycles. The summed E-state index contributed by atoms with van der Waals surface area (Å²) in [5.74, 6) is 1.30. The van der Waals surface area contributed by atoms with Crippen LogP contribution in [-0.4, -0.2) is 48.8 Å². The summed E-state index contributed by atoms with van der Waals surface area (Å²) < 4.78 is 7.85. The van der Waals surface area contributed by atoms with Crippen LogP contribution in [0.5, 0.6) is 0 Å². The van der Waals surface area contributed by atoms with Crippen molar-refractivity contribution in [3.8, 4) is 6.07 Å². The first-order chi connectivity index (χ1) is 23.3. The highest BCUT2D eigenvalue weighted by molar-refractivity contribution is 6.03. The van der Waals surface area contributed by atoms with E-state index in [4.69, 9.17) is 9.72 Å². The standard InChI is InChI=1S/C39H51N7O3/c1-37(2,3)49-36(48)46(23-26-11-8-7-9-12-26)24-28-19-32(43-33-31(28)15-17-38(33,4)5)34(47)42-30-14-10-13-29(20-30)39(21-27(22-39)16-18-40)35-44-41-25-45(35)6/h10,13-14,19-20,25-27H,7-9,11-12,15-17,21-24H2,1-6H3,(H,42,47). The number of hydrogen-bond donors (Lipinski definition) is 1. The summed E-state index contributed by atoms with van der Waals surface area (Å²) >= 11 is 0. The smallest absolute Gasteiger partial charge is 0.410 e. The molecule has 0 saturated heterocycles. The minimum Gasteiger partial charge on any atom is -0.444 e. The van der Waals surface area contributed by atoms with Crippen LogP contribution in [0.1, 0.15) is 131 Å². The molecule has 260 valence electrons. The first-order valence-electron chi connectivity index (χ1n) is 17.9. The second kappa shape index (κ2) is 13.6. The lowest BCUT2D eigenvalue weighted by molar-refractivity contribution is 0.0189. The number of aryl methyl sites for hydroxylation is 1. The lowest BCUT2D eigenvalue weighted by Gasteiger charge is -2.46. The van der Waals surface area contributed by atoms with Crippen molar-refractivity contribution in [1.82, 2.24) is 24.6 Å². The van der Waals surface area contributed by atoms with Crippen molar-refractivity contribution in [1.29, 1.82) is 5.26 Å². The van der Waals surface area contributed by atoms with Crippen molar-refractivity contribution >= 4 is 17.7 Å². The lowest BCUT2D eigenvalue weighted by Crippen LogP contribution is -2.44. The number of pyridine rings is 1. The van der Waals surface area contributed by atoms with Gasteiger partial charge in [0.15, 0.2) is 0 Å². The normalized spacial score (nSPS) is 21.7. The Bertz CT molecular complexity index is 1740. The van der Waals surface area contributed by atoms with Gasteiger partial charge in [0.25, 0.3) is 5.91 Å². The molecule has 2 saturated carbocycles. The zero-order valence-corrected chi connectivity index (χ0v) is 30.0. The van der Waals surface area contributed by atoms with Crippen molar-refractivity contribution in [2.75, 3.05) is 11.9 Å². The van der Waals surface area contributed by atoms with Gasteiger partial charge < -0.3 is 19.5 Å². The molecule has 2 heterocycles. The van der Waals surface area contributed by atoms with E-state index in [1.165, 1.54) is 19.3 Å². The molecular weight excluding hydrogens is 614 g/mol. The Morgan fingerprint density at radius 2 is 1.88 bits per heavy atom. The number of carbonyl (C=O) groups excluding carboxylic acids is 2. The van der Waals surface area contributed by atoms with Gasteiger partial charge in [-0.05, 0) is 106 Å². The van der Waals surface area contributed by atoms with Gasteiger partial charge in [-0.25, -0.2) is 9.78 Å². The van der Waals surface area contributed by atoms with Gasteiger partial charge in [-0.1, -0.05) is 45.2 Å². The van der Waals surface area contributed by atoms with Crippen molar-refractivity contribution in [2.45, 2.75) is 122 Å². The third-order valence-corrected chi connectivity index (χ3v) is 10.8. The Balaban J connectivity index is 1.29. The zero-order valence-electron chi connectivity index (χ0n) is 30.0. The van der Waals surface area contributed by atoms with Crippen LogP contribution in [0.25, 0.3) is 0 Å². The SMILES string of the molecule is Cn1cnnc1C1(c2cccc(NC(=O)c3cc(CN(CC4CCCCC4)C(=O)OC(C)(C)C)c4c(n3)C(C)(C)CC4)c2)CC(CC#N)C1. The molecule has 0 spiro atoms. The van der Waals surface area contributed by atoms with Gasteiger partial charge in [-0.2, -0.15) is 5.26 Å². The molecule has 0 aliphatic heterocycles. The summed E-state index contributed by atoms with van der Waals surface area (Å²) in [6.45, 7) is 11.1. The molecule has 0 bridgehead atoms. The van der Waals surface area contributed by atoms with Crippen LogP contribution in [0.3, 0.4) is 0 Å². The fraction of sp³-hybridized carbons (Fsp3) is 0.590. The minimum atomic E-state index is -0.606. The van der Waals surface area contributed by atoms with E-state index in [9.17, 15) is 14.9 Å².